The van der Waals surface area contributed by atoms with Gasteiger partial charge in [0, 0.05) is 23.7 Å². The molecule has 112 valence electrons. The van der Waals surface area contributed by atoms with E-state index in [9.17, 15) is 0 Å². The number of benzene rings is 2. The minimum atomic E-state index is 0.902. The molecule has 3 nitrogen and oxygen atoms in total. The van der Waals surface area contributed by atoms with E-state index < -0.39 is 0 Å². The van der Waals surface area contributed by atoms with Crippen LogP contribution in [0.25, 0.3) is 16.8 Å². The van der Waals surface area contributed by atoms with Crippen LogP contribution in [0.15, 0.2) is 84.1 Å². The lowest BCUT2D eigenvalue weighted by Crippen LogP contribution is -1.91. The van der Waals surface area contributed by atoms with Crippen molar-refractivity contribution in [1.82, 2.24) is 14.6 Å². The Morgan fingerprint density at radius 3 is 2.43 bits per heavy atom. The predicted molar refractivity (Wildman–Crippen MR) is 94.4 cm³/mol. The van der Waals surface area contributed by atoms with E-state index in [1.807, 2.05) is 41.2 Å². The summed E-state index contributed by atoms with van der Waals surface area (Å²) in [4.78, 5) is 4.53. The van der Waals surface area contributed by atoms with Crippen molar-refractivity contribution in [3.63, 3.8) is 0 Å². The molecule has 0 saturated carbocycles. The molecule has 4 heteroatoms. The minimum absolute atomic E-state index is 0.902. The van der Waals surface area contributed by atoms with E-state index in [1.54, 1.807) is 11.8 Å². The van der Waals surface area contributed by atoms with Gasteiger partial charge in [-0.3, -0.25) is 0 Å². The molecule has 0 aliphatic heterocycles. The maximum Gasteiger partial charge on any atom is 0.122 e. The van der Waals surface area contributed by atoms with Gasteiger partial charge >= 0.3 is 0 Å². The minimum Gasteiger partial charge on any atom is -0.246 e. The molecule has 23 heavy (non-hydrogen) atoms. The number of aromatic nitrogens is 3. The van der Waals surface area contributed by atoms with Crippen LogP contribution in [0.3, 0.4) is 0 Å². The summed E-state index contributed by atoms with van der Waals surface area (Å²) in [7, 11) is 0. The van der Waals surface area contributed by atoms with Gasteiger partial charge in [-0.15, -0.1) is 0 Å². The summed E-state index contributed by atoms with van der Waals surface area (Å²) in [6, 6.07) is 22.8. The Morgan fingerprint density at radius 2 is 1.65 bits per heavy atom. The molecule has 0 saturated heterocycles. The third kappa shape index (κ3) is 2.98. The average molecular weight is 317 g/mol. The maximum absolute atomic E-state index is 4.66. The maximum atomic E-state index is 4.66. The van der Waals surface area contributed by atoms with Crippen LogP contribution in [0, 0.1) is 0 Å². The first-order valence-electron chi connectivity index (χ1n) is 7.47. The van der Waals surface area contributed by atoms with Gasteiger partial charge in [0.25, 0.3) is 0 Å². The fourth-order valence-electron chi connectivity index (χ4n) is 2.49. The van der Waals surface area contributed by atoms with Gasteiger partial charge in [-0.25, -0.2) is 9.50 Å². The van der Waals surface area contributed by atoms with E-state index >= 15 is 0 Å². The lowest BCUT2D eigenvalue weighted by molar-refractivity contribution is 0.920. The first-order chi connectivity index (χ1) is 11.4. The summed E-state index contributed by atoms with van der Waals surface area (Å²) in [6.45, 7) is 0. The fraction of sp³-hybridized carbons (Fsp3) is 0.0526. The van der Waals surface area contributed by atoms with E-state index in [1.165, 1.54) is 5.56 Å². The quantitative estimate of drug-likeness (QED) is 0.512. The number of hydrogen-bond donors (Lipinski definition) is 0. The van der Waals surface area contributed by atoms with Crippen LogP contribution in [0.1, 0.15) is 5.56 Å². The van der Waals surface area contributed by atoms with Gasteiger partial charge in [0.2, 0.25) is 0 Å². The zero-order valence-electron chi connectivity index (χ0n) is 12.5. The van der Waals surface area contributed by atoms with E-state index in [2.05, 4.69) is 52.5 Å². The predicted octanol–water partition coefficient (Wildman–Crippen LogP) is 4.69. The zero-order valence-corrected chi connectivity index (χ0v) is 13.3. The van der Waals surface area contributed by atoms with Gasteiger partial charge in [0.1, 0.15) is 5.03 Å². The summed E-state index contributed by atoms with van der Waals surface area (Å²) < 4.78 is 1.91. The topological polar surface area (TPSA) is 30.2 Å². The Morgan fingerprint density at radius 1 is 0.913 bits per heavy atom. The standard InChI is InChI=1S/C19H15N3S/c1-3-7-15(8-4-1)14-23-19-18-13-17(16-9-5-2-6-10-16)21-22(18)12-11-20-19/h1-13H,14H2. The number of thioether (sulfide) groups is 1. The van der Waals surface area contributed by atoms with Crippen LogP contribution in [0.5, 0.6) is 0 Å². The summed E-state index contributed by atoms with van der Waals surface area (Å²) in [5.74, 6) is 0.902. The molecule has 0 atom stereocenters. The van der Waals surface area contributed by atoms with Crippen LogP contribution in [0.4, 0.5) is 0 Å². The Kier molecular flexibility index (Phi) is 3.82. The summed E-state index contributed by atoms with van der Waals surface area (Å²) in [5, 5.41) is 5.67. The second kappa shape index (κ2) is 6.26. The van der Waals surface area contributed by atoms with Crippen molar-refractivity contribution in [3.05, 3.63) is 84.7 Å². The molecular formula is C19H15N3S. The molecule has 0 unspecified atom stereocenters. The molecule has 0 aliphatic carbocycles. The molecule has 2 heterocycles. The molecule has 0 N–H and O–H groups in total. The molecule has 4 rings (SSSR count). The SMILES string of the molecule is c1ccc(CSc2nccn3nc(-c4ccccc4)cc23)cc1. The van der Waals surface area contributed by atoms with E-state index in [0.29, 0.717) is 0 Å². The Balaban J connectivity index is 1.66. The monoisotopic (exact) mass is 317 g/mol. The molecule has 0 aliphatic rings. The molecule has 0 bridgehead atoms. The van der Waals surface area contributed by atoms with Crippen LogP contribution in [-0.4, -0.2) is 14.6 Å². The molecule has 0 amide bonds. The van der Waals surface area contributed by atoms with Crippen LogP contribution < -0.4 is 0 Å². The summed E-state index contributed by atoms with van der Waals surface area (Å²) in [5.41, 5.74) is 4.44. The van der Waals surface area contributed by atoms with E-state index in [0.717, 1.165) is 27.6 Å². The Hall–Kier alpha value is -2.59. The van der Waals surface area contributed by atoms with Crippen molar-refractivity contribution in [3.8, 4) is 11.3 Å². The van der Waals surface area contributed by atoms with E-state index in [4.69, 9.17) is 0 Å². The highest BCUT2D eigenvalue weighted by Gasteiger charge is 2.09. The van der Waals surface area contributed by atoms with Crippen molar-refractivity contribution >= 4 is 17.3 Å². The van der Waals surface area contributed by atoms with Gasteiger partial charge in [0.05, 0.1) is 11.2 Å². The summed E-state index contributed by atoms with van der Waals surface area (Å²) in [6.07, 6.45) is 3.70. The molecule has 4 aromatic rings. The van der Waals surface area contributed by atoms with Crippen molar-refractivity contribution in [2.45, 2.75) is 10.8 Å². The second-order valence-corrected chi connectivity index (χ2v) is 6.20. The molecular weight excluding hydrogens is 302 g/mol. The highest BCUT2D eigenvalue weighted by atomic mass is 32.2. The molecule has 0 fully saturated rings. The zero-order chi connectivity index (χ0) is 15.5. The highest BCUT2D eigenvalue weighted by Crippen LogP contribution is 2.27. The molecule has 0 radical (unpaired) electrons. The second-order valence-electron chi connectivity index (χ2n) is 5.23. The van der Waals surface area contributed by atoms with Crippen LogP contribution in [-0.2, 0) is 5.75 Å². The Bertz CT molecular complexity index is 917. The fourth-order valence-corrected chi connectivity index (χ4v) is 3.42. The third-order valence-corrected chi connectivity index (χ3v) is 4.71. The van der Waals surface area contributed by atoms with Gasteiger partial charge in [0.15, 0.2) is 0 Å². The number of rotatable bonds is 4. The van der Waals surface area contributed by atoms with Crippen molar-refractivity contribution in [2.75, 3.05) is 0 Å². The molecule has 0 spiro atoms. The van der Waals surface area contributed by atoms with Crippen molar-refractivity contribution < 1.29 is 0 Å². The summed E-state index contributed by atoms with van der Waals surface area (Å²) >= 11 is 1.74. The first kappa shape index (κ1) is 14.0. The smallest absolute Gasteiger partial charge is 0.122 e. The highest BCUT2D eigenvalue weighted by molar-refractivity contribution is 7.98. The van der Waals surface area contributed by atoms with Gasteiger partial charge < -0.3 is 0 Å². The largest absolute Gasteiger partial charge is 0.246 e. The Labute approximate surface area is 139 Å². The third-order valence-electron chi connectivity index (χ3n) is 3.64. The van der Waals surface area contributed by atoms with E-state index in [-0.39, 0.29) is 0 Å². The number of hydrogen-bond acceptors (Lipinski definition) is 3. The van der Waals surface area contributed by atoms with Crippen LogP contribution >= 0.6 is 11.8 Å². The van der Waals surface area contributed by atoms with Crippen molar-refractivity contribution in [1.29, 1.82) is 0 Å². The van der Waals surface area contributed by atoms with Crippen LogP contribution in [0.2, 0.25) is 0 Å². The lowest BCUT2D eigenvalue weighted by Gasteiger charge is -2.02. The number of nitrogens with zero attached hydrogens (tertiary/aromatic N) is 3. The number of fused-ring (bicyclic) bond motifs is 1. The lowest BCUT2D eigenvalue weighted by atomic mass is 10.1. The van der Waals surface area contributed by atoms with Gasteiger partial charge in [-0.1, -0.05) is 72.4 Å². The van der Waals surface area contributed by atoms with Gasteiger partial charge in [-0.2, -0.15) is 5.10 Å². The first-order valence-corrected chi connectivity index (χ1v) is 8.45. The molecule has 2 aromatic heterocycles. The van der Waals surface area contributed by atoms with Crippen molar-refractivity contribution in [2.24, 2.45) is 0 Å². The normalized spacial score (nSPS) is 11.0. The average Bonchev–Trinajstić information content (AvgIpc) is 3.06. The van der Waals surface area contributed by atoms with Gasteiger partial charge in [-0.05, 0) is 11.6 Å². The molecule has 2 aromatic carbocycles.